The zero-order valence-electron chi connectivity index (χ0n) is 11.4. The Hall–Kier alpha value is -0.630. The lowest BCUT2D eigenvalue weighted by Gasteiger charge is -2.24. The molecular weight excluding hydrogens is 344 g/mol. The number of hydrogen-bond donors (Lipinski definition) is 1. The Morgan fingerprint density at radius 1 is 1.50 bits per heavy atom. The van der Waals surface area contributed by atoms with Crippen LogP contribution in [0.2, 0.25) is 0 Å². The monoisotopic (exact) mass is 362 g/mol. The van der Waals surface area contributed by atoms with Crippen LogP contribution in [0.4, 0.5) is 5.69 Å². The minimum atomic E-state index is -3.58. The number of anilines is 1. The molecule has 0 aliphatic carbocycles. The predicted molar refractivity (Wildman–Crippen MR) is 82.0 cm³/mol. The third-order valence-electron chi connectivity index (χ3n) is 3.37. The molecule has 1 aromatic rings. The zero-order chi connectivity index (χ0) is 14.8. The van der Waals surface area contributed by atoms with Gasteiger partial charge in [-0.05, 0) is 31.0 Å². The predicted octanol–water partition coefficient (Wildman–Crippen LogP) is 2.22. The summed E-state index contributed by atoms with van der Waals surface area (Å²) in [7, 11) is -3.58. The number of halogens is 1. The fourth-order valence-corrected chi connectivity index (χ4v) is 4.26. The Morgan fingerprint density at radius 3 is 2.80 bits per heavy atom. The molecule has 1 atom stereocenters. The van der Waals surface area contributed by atoms with Gasteiger partial charge in [0, 0.05) is 24.2 Å². The molecule has 1 saturated heterocycles. The number of nitrogen functional groups attached to an aromatic ring is 1. The van der Waals surface area contributed by atoms with Crippen molar-refractivity contribution in [1.82, 2.24) is 4.31 Å². The van der Waals surface area contributed by atoms with Crippen molar-refractivity contribution in [2.24, 2.45) is 0 Å². The molecule has 0 amide bonds. The Bertz CT molecular complexity index is 571. The second-order valence-electron chi connectivity index (χ2n) is 4.77. The van der Waals surface area contributed by atoms with Crippen molar-refractivity contribution in [3.05, 3.63) is 22.7 Å². The Labute approximate surface area is 128 Å². The molecule has 5 nitrogen and oxygen atoms in total. The summed E-state index contributed by atoms with van der Waals surface area (Å²) < 4.78 is 33.0. The molecule has 2 N–H and O–H groups in total. The number of hydrogen-bond acceptors (Lipinski definition) is 4. The topological polar surface area (TPSA) is 72.6 Å². The van der Waals surface area contributed by atoms with Gasteiger partial charge in [0.1, 0.15) is 4.90 Å². The van der Waals surface area contributed by atoms with Gasteiger partial charge in [0.25, 0.3) is 0 Å². The van der Waals surface area contributed by atoms with Gasteiger partial charge < -0.3 is 10.5 Å². The van der Waals surface area contributed by atoms with Crippen molar-refractivity contribution < 1.29 is 13.2 Å². The molecule has 2 rings (SSSR count). The summed E-state index contributed by atoms with van der Waals surface area (Å²) in [5.74, 6) is 0. The van der Waals surface area contributed by atoms with Gasteiger partial charge in [-0.3, -0.25) is 0 Å². The molecule has 0 radical (unpaired) electrons. The van der Waals surface area contributed by atoms with Crippen molar-refractivity contribution in [3.8, 4) is 0 Å². The van der Waals surface area contributed by atoms with Gasteiger partial charge in [0.2, 0.25) is 10.0 Å². The van der Waals surface area contributed by atoms with Crippen LogP contribution in [0.5, 0.6) is 0 Å². The Kier molecular flexibility index (Phi) is 5.06. The summed E-state index contributed by atoms with van der Waals surface area (Å²) in [5.41, 5.74) is 6.10. The van der Waals surface area contributed by atoms with E-state index in [-0.39, 0.29) is 16.7 Å². The van der Waals surface area contributed by atoms with E-state index in [9.17, 15) is 8.42 Å². The normalized spacial score (nSPS) is 19.6. The minimum absolute atomic E-state index is 0.0126. The van der Waals surface area contributed by atoms with E-state index in [0.717, 1.165) is 17.3 Å². The molecule has 1 aliphatic rings. The first-order chi connectivity index (χ1) is 9.45. The van der Waals surface area contributed by atoms with E-state index in [2.05, 4.69) is 15.9 Å². The van der Waals surface area contributed by atoms with Crippen LogP contribution in [0, 0.1) is 0 Å². The number of benzene rings is 1. The second kappa shape index (κ2) is 6.43. The molecule has 112 valence electrons. The number of ether oxygens (including phenoxy) is 1. The highest BCUT2D eigenvalue weighted by molar-refractivity contribution is 9.10. The minimum Gasteiger partial charge on any atom is -0.398 e. The van der Waals surface area contributed by atoms with Crippen molar-refractivity contribution in [1.29, 1.82) is 0 Å². The number of rotatable bonds is 5. The molecule has 0 saturated carbocycles. The van der Waals surface area contributed by atoms with E-state index in [1.807, 2.05) is 6.92 Å². The Balaban J connectivity index is 2.26. The molecule has 1 aromatic carbocycles. The molecule has 7 heteroatoms. The Morgan fingerprint density at radius 2 is 2.25 bits per heavy atom. The number of nitrogens with two attached hydrogens (primary N) is 1. The van der Waals surface area contributed by atoms with Crippen LogP contribution >= 0.6 is 15.9 Å². The summed E-state index contributed by atoms with van der Waals surface area (Å²) >= 11 is 3.28. The number of likely N-dealkylation sites (N-methyl/N-ethyl adjacent to an activating group) is 1. The van der Waals surface area contributed by atoms with Crippen LogP contribution in [-0.4, -0.2) is 38.5 Å². The van der Waals surface area contributed by atoms with Gasteiger partial charge in [-0.2, -0.15) is 4.31 Å². The third kappa shape index (κ3) is 3.33. The van der Waals surface area contributed by atoms with Crippen LogP contribution in [0.3, 0.4) is 0 Å². The fraction of sp³-hybridized carbons (Fsp3) is 0.538. The fourth-order valence-electron chi connectivity index (χ4n) is 2.31. The highest BCUT2D eigenvalue weighted by atomic mass is 79.9. The maximum absolute atomic E-state index is 12.7. The highest BCUT2D eigenvalue weighted by Gasteiger charge is 2.29. The average molecular weight is 363 g/mol. The maximum Gasteiger partial charge on any atom is 0.245 e. The van der Waals surface area contributed by atoms with Gasteiger partial charge in [-0.25, -0.2) is 8.42 Å². The molecule has 0 aromatic heterocycles. The summed E-state index contributed by atoms with van der Waals surface area (Å²) in [6.45, 7) is 3.32. The molecule has 1 fully saturated rings. The summed E-state index contributed by atoms with van der Waals surface area (Å²) in [4.78, 5) is 0.153. The largest absolute Gasteiger partial charge is 0.398 e. The average Bonchev–Trinajstić information content (AvgIpc) is 2.88. The van der Waals surface area contributed by atoms with Gasteiger partial charge in [0.15, 0.2) is 0 Å². The van der Waals surface area contributed by atoms with Crippen LogP contribution < -0.4 is 5.73 Å². The number of nitrogens with zero attached hydrogens (tertiary/aromatic N) is 1. The molecule has 20 heavy (non-hydrogen) atoms. The number of sulfonamides is 1. The SMILES string of the molecule is CCN(CC1CCCO1)S(=O)(=O)c1ccc(Br)cc1N. The standard InChI is InChI=1S/C13H19BrN2O3S/c1-2-16(9-11-4-3-7-19-11)20(17,18)13-6-5-10(14)8-12(13)15/h5-6,8,11H,2-4,7,9,15H2,1H3. The quantitative estimate of drug-likeness (QED) is 0.815. The smallest absolute Gasteiger partial charge is 0.245 e. The van der Waals surface area contributed by atoms with Crippen molar-refractivity contribution >= 4 is 31.6 Å². The first-order valence-corrected chi connectivity index (χ1v) is 8.85. The second-order valence-corrected chi connectivity index (χ2v) is 7.59. The zero-order valence-corrected chi connectivity index (χ0v) is 13.8. The highest BCUT2D eigenvalue weighted by Crippen LogP contribution is 2.26. The van der Waals surface area contributed by atoms with E-state index in [0.29, 0.717) is 19.7 Å². The molecule has 1 heterocycles. The summed E-state index contributed by atoms with van der Waals surface area (Å²) in [6.07, 6.45) is 1.88. The first kappa shape index (κ1) is 15.8. The van der Waals surface area contributed by atoms with Crippen LogP contribution in [0.25, 0.3) is 0 Å². The van der Waals surface area contributed by atoms with Crippen LogP contribution in [0.15, 0.2) is 27.6 Å². The van der Waals surface area contributed by atoms with E-state index in [4.69, 9.17) is 10.5 Å². The van der Waals surface area contributed by atoms with E-state index >= 15 is 0 Å². The maximum atomic E-state index is 12.7. The molecular formula is C13H19BrN2O3S. The first-order valence-electron chi connectivity index (χ1n) is 6.62. The lowest BCUT2D eigenvalue weighted by Crippen LogP contribution is -2.37. The molecule has 1 aliphatic heterocycles. The molecule has 0 spiro atoms. The van der Waals surface area contributed by atoms with Crippen molar-refractivity contribution in [3.63, 3.8) is 0 Å². The molecule has 0 bridgehead atoms. The van der Waals surface area contributed by atoms with Gasteiger partial charge >= 0.3 is 0 Å². The van der Waals surface area contributed by atoms with Crippen molar-refractivity contribution in [2.75, 3.05) is 25.4 Å². The van der Waals surface area contributed by atoms with Crippen molar-refractivity contribution in [2.45, 2.75) is 30.8 Å². The van der Waals surface area contributed by atoms with Gasteiger partial charge in [-0.15, -0.1) is 0 Å². The van der Waals surface area contributed by atoms with Crippen LogP contribution in [0.1, 0.15) is 19.8 Å². The lowest BCUT2D eigenvalue weighted by atomic mass is 10.2. The summed E-state index contributed by atoms with van der Waals surface area (Å²) in [6, 6.07) is 4.82. The molecule has 1 unspecified atom stereocenters. The van der Waals surface area contributed by atoms with E-state index in [1.54, 1.807) is 12.1 Å². The van der Waals surface area contributed by atoms with E-state index < -0.39 is 10.0 Å². The van der Waals surface area contributed by atoms with Gasteiger partial charge in [-0.1, -0.05) is 22.9 Å². The van der Waals surface area contributed by atoms with E-state index in [1.165, 1.54) is 10.4 Å². The van der Waals surface area contributed by atoms with Gasteiger partial charge in [0.05, 0.1) is 11.8 Å². The summed E-state index contributed by atoms with van der Waals surface area (Å²) in [5, 5.41) is 0. The third-order valence-corrected chi connectivity index (χ3v) is 5.88. The van der Waals surface area contributed by atoms with Crippen LogP contribution in [-0.2, 0) is 14.8 Å². The lowest BCUT2D eigenvalue weighted by molar-refractivity contribution is 0.0947.